The van der Waals surface area contributed by atoms with Crippen molar-refractivity contribution in [1.82, 2.24) is 10.2 Å². The molecule has 5 heteroatoms. The van der Waals surface area contributed by atoms with Crippen molar-refractivity contribution in [2.24, 2.45) is 5.92 Å². The van der Waals surface area contributed by atoms with E-state index in [9.17, 15) is 9.59 Å². The van der Waals surface area contributed by atoms with E-state index in [2.05, 4.69) is 5.32 Å². The van der Waals surface area contributed by atoms with E-state index in [4.69, 9.17) is 4.74 Å². The highest BCUT2D eigenvalue weighted by Crippen LogP contribution is 2.33. The number of ether oxygens (including phenoxy) is 1. The van der Waals surface area contributed by atoms with Crippen LogP contribution in [-0.4, -0.2) is 47.6 Å². The summed E-state index contributed by atoms with van der Waals surface area (Å²) < 4.78 is 5.58. The molecule has 2 saturated heterocycles. The molecule has 2 amide bonds. The zero-order valence-corrected chi connectivity index (χ0v) is 11.5. The number of nitrogens with zero attached hydrogens (tertiary/aromatic N) is 1. The third kappa shape index (κ3) is 2.00. The van der Waals surface area contributed by atoms with Crippen LogP contribution in [0, 0.1) is 5.92 Å². The molecule has 102 valence electrons. The van der Waals surface area contributed by atoms with Crippen molar-refractivity contribution in [3.8, 4) is 0 Å². The third-order valence-electron chi connectivity index (χ3n) is 4.29. The van der Waals surface area contributed by atoms with Crippen LogP contribution in [0.3, 0.4) is 0 Å². The molecule has 2 fully saturated rings. The van der Waals surface area contributed by atoms with E-state index in [1.807, 2.05) is 27.7 Å². The number of hydrogen-bond acceptors (Lipinski definition) is 3. The lowest BCUT2D eigenvalue weighted by Gasteiger charge is -2.45. The van der Waals surface area contributed by atoms with E-state index < -0.39 is 6.04 Å². The fourth-order valence-corrected chi connectivity index (χ4v) is 2.73. The Hall–Kier alpha value is -1.10. The molecule has 2 aliphatic heterocycles. The highest BCUT2D eigenvalue weighted by molar-refractivity contribution is 5.95. The van der Waals surface area contributed by atoms with Gasteiger partial charge in [0.25, 0.3) is 0 Å². The zero-order valence-electron chi connectivity index (χ0n) is 11.5. The summed E-state index contributed by atoms with van der Waals surface area (Å²) in [7, 11) is 0. The summed E-state index contributed by atoms with van der Waals surface area (Å²) in [5.74, 6) is 0.0450. The maximum absolute atomic E-state index is 12.5. The van der Waals surface area contributed by atoms with Crippen LogP contribution >= 0.6 is 0 Å². The maximum Gasteiger partial charge on any atom is 0.246 e. The lowest BCUT2D eigenvalue weighted by Crippen LogP contribution is -2.67. The molecule has 3 unspecified atom stereocenters. The third-order valence-corrected chi connectivity index (χ3v) is 4.29. The van der Waals surface area contributed by atoms with Gasteiger partial charge in [-0.1, -0.05) is 13.8 Å². The molecule has 0 aromatic rings. The number of carbonyl (C=O) groups is 2. The van der Waals surface area contributed by atoms with Crippen LogP contribution in [0.25, 0.3) is 0 Å². The van der Waals surface area contributed by atoms with Gasteiger partial charge in [0.15, 0.2) is 0 Å². The smallest absolute Gasteiger partial charge is 0.246 e. The SMILES string of the molecule is CC(C)C1NC(=O)CN(C2(C)CCOC2C)C1=O. The number of hydrogen-bond donors (Lipinski definition) is 1. The number of piperazine rings is 1. The van der Waals surface area contributed by atoms with Crippen LogP contribution in [0.4, 0.5) is 0 Å². The molecule has 5 nitrogen and oxygen atoms in total. The summed E-state index contributed by atoms with van der Waals surface area (Å²) in [6, 6.07) is -0.407. The van der Waals surface area contributed by atoms with Crippen molar-refractivity contribution in [3.05, 3.63) is 0 Å². The van der Waals surface area contributed by atoms with Crippen molar-refractivity contribution < 1.29 is 14.3 Å². The Bertz CT molecular complexity index is 369. The highest BCUT2D eigenvalue weighted by atomic mass is 16.5. The standard InChI is InChI=1S/C13H22N2O3/c1-8(2)11-12(17)15(7-10(16)14-11)13(4)5-6-18-9(13)3/h8-9,11H,5-7H2,1-4H3,(H,14,16). The Morgan fingerprint density at radius 3 is 2.61 bits per heavy atom. The first-order chi connectivity index (χ1) is 8.36. The molecular formula is C13H22N2O3. The molecular weight excluding hydrogens is 232 g/mol. The van der Waals surface area contributed by atoms with Crippen molar-refractivity contribution >= 4 is 11.8 Å². The van der Waals surface area contributed by atoms with E-state index >= 15 is 0 Å². The Balaban J connectivity index is 2.26. The maximum atomic E-state index is 12.5. The second-order valence-corrected chi connectivity index (χ2v) is 5.83. The van der Waals surface area contributed by atoms with Crippen LogP contribution < -0.4 is 5.32 Å². The topological polar surface area (TPSA) is 58.6 Å². The summed E-state index contributed by atoms with van der Waals surface area (Å²) in [5, 5.41) is 2.78. The molecule has 2 rings (SSSR count). The molecule has 3 atom stereocenters. The average Bonchev–Trinajstić information content (AvgIpc) is 2.63. The predicted octanol–water partition coefficient (Wildman–Crippen LogP) is 0.537. The van der Waals surface area contributed by atoms with Gasteiger partial charge in [0.05, 0.1) is 11.6 Å². The van der Waals surface area contributed by atoms with Gasteiger partial charge in [0, 0.05) is 6.61 Å². The van der Waals surface area contributed by atoms with Gasteiger partial charge in [-0.05, 0) is 26.2 Å². The minimum Gasteiger partial charge on any atom is -0.376 e. The van der Waals surface area contributed by atoms with Crippen LogP contribution in [-0.2, 0) is 14.3 Å². The number of rotatable bonds is 2. The van der Waals surface area contributed by atoms with E-state index in [1.54, 1.807) is 4.90 Å². The van der Waals surface area contributed by atoms with Gasteiger partial charge >= 0.3 is 0 Å². The van der Waals surface area contributed by atoms with Crippen molar-refractivity contribution in [3.63, 3.8) is 0 Å². The Kier molecular flexibility index (Phi) is 3.36. The first-order valence-electron chi connectivity index (χ1n) is 6.58. The molecule has 0 saturated carbocycles. The minimum absolute atomic E-state index is 0.0180. The molecule has 18 heavy (non-hydrogen) atoms. The van der Waals surface area contributed by atoms with E-state index in [0.717, 1.165) is 6.42 Å². The summed E-state index contributed by atoms with van der Waals surface area (Å²) in [4.78, 5) is 26.0. The van der Waals surface area contributed by atoms with Crippen molar-refractivity contribution in [1.29, 1.82) is 0 Å². The second-order valence-electron chi connectivity index (χ2n) is 5.83. The van der Waals surface area contributed by atoms with Crippen molar-refractivity contribution in [2.45, 2.75) is 51.8 Å². The molecule has 1 N–H and O–H groups in total. The first kappa shape index (κ1) is 13.3. The van der Waals surface area contributed by atoms with Gasteiger partial charge in [-0.2, -0.15) is 0 Å². The molecule has 0 bridgehead atoms. The van der Waals surface area contributed by atoms with Gasteiger partial charge in [-0.15, -0.1) is 0 Å². The lowest BCUT2D eigenvalue weighted by atomic mass is 9.89. The van der Waals surface area contributed by atoms with E-state index in [-0.39, 0.29) is 35.9 Å². The second kappa shape index (κ2) is 4.53. The number of amides is 2. The lowest BCUT2D eigenvalue weighted by molar-refractivity contribution is -0.153. The molecule has 0 radical (unpaired) electrons. The van der Waals surface area contributed by atoms with E-state index in [0.29, 0.717) is 6.61 Å². The number of nitrogens with one attached hydrogen (secondary N) is 1. The van der Waals surface area contributed by atoms with Gasteiger partial charge in [0.2, 0.25) is 11.8 Å². The monoisotopic (exact) mass is 254 g/mol. The average molecular weight is 254 g/mol. The van der Waals surface area contributed by atoms with Crippen LogP contribution in [0.1, 0.15) is 34.1 Å². The van der Waals surface area contributed by atoms with Gasteiger partial charge in [0.1, 0.15) is 12.6 Å². The summed E-state index contributed by atoms with van der Waals surface area (Å²) in [5.41, 5.74) is -0.359. The molecule has 0 aromatic heterocycles. The molecule has 0 spiro atoms. The molecule has 0 aliphatic carbocycles. The van der Waals surface area contributed by atoms with E-state index in [1.165, 1.54) is 0 Å². The summed E-state index contributed by atoms with van der Waals surface area (Å²) in [6.45, 7) is 8.67. The summed E-state index contributed by atoms with van der Waals surface area (Å²) in [6.07, 6.45) is 0.762. The predicted molar refractivity (Wildman–Crippen MR) is 66.9 cm³/mol. The zero-order chi connectivity index (χ0) is 13.5. The summed E-state index contributed by atoms with van der Waals surface area (Å²) >= 11 is 0. The fourth-order valence-electron chi connectivity index (χ4n) is 2.73. The molecule has 0 aromatic carbocycles. The number of carbonyl (C=O) groups excluding carboxylic acids is 2. The quantitative estimate of drug-likeness (QED) is 0.782. The normalized spacial score (nSPS) is 37.3. The van der Waals surface area contributed by atoms with Crippen LogP contribution in [0.15, 0.2) is 0 Å². The van der Waals surface area contributed by atoms with Gasteiger partial charge < -0.3 is 15.0 Å². The molecule has 2 aliphatic rings. The Morgan fingerprint density at radius 1 is 1.44 bits per heavy atom. The minimum atomic E-state index is -0.407. The van der Waals surface area contributed by atoms with Gasteiger partial charge in [-0.25, -0.2) is 0 Å². The van der Waals surface area contributed by atoms with Crippen LogP contribution in [0.2, 0.25) is 0 Å². The van der Waals surface area contributed by atoms with Crippen LogP contribution in [0.5, 0.6) is 0 Å². The first-order valence-corrected chi connectivity index (χ1v) is 6.58. The Labute approximate surface area is 108 Å². The molecule has 2 heterocycles. The highest BCUT2D eigenvalue weighted by Gasteiger charge is 2.49. The fraction of sp³-hybridized carbons (Fsp3) is 0.846. The van der Waals surface area contributed by atoms with Crippen molar-refractivity contribution in [2.75, 3.05) is 13.2 Å². The van der Waals surface area contributed by atoms with Gasteiger partial charge in [-0.3, -0.25) is 9.59 Å². The Morgan fingerprint density at radius 2 is 2.11 bits per heavy atom. The largest absolute Gasteiger partial charge is 0.376 e.